The number of hydrogen-bond acceptors (Lipinski definition) is 5. The molecule has 0 spiro atoms. The highest BCUT2D eigenvalue weighted by Crippen LogP contribution is 2.55. The molecule has 0 bridgehead atoms. The average molecular weight is 446 g/mol. The molecule has 172 valence electrons. The molecule has 1 aliphatic carbocycles. The summed E-state index contributed by atoms with van der Waals surface area (Å²) in [4.78, 5) is 18.0. The molecule has 1 fully saturated rings. The van der Waals surface area contributed by atoms with E-state index in [0.717, 1.165) is 48.9 Å². The topological polar surface area (TPSA) is 93.8 Å². The van der Waals surface area contributed by atoms with Crippen molar-refractivity contribution in [2.45, 2.75) is 70.9 Å². The zero-order valence-electron chi connectivity index (χ0n) is 19.5. The van der Waals surface area contributed by atoms with Crippen LogP contribution in [-0.2, 0) is 18.4 Å². The molecule has 0 saturated heterocycles. The summed E-state index contributed by atoms with van der Waals surface area (Å²) >= 11 is 0. The lowest BCUT2D eigenvalue weighted by molar-refractivity contribution is 0.431. The maximum absolute atomic E-state index is 13.7. The SMILES string of the molecule is CCCCc1cn(C2CC2(C)C)c(=O)n1CC1(c2cccc(-c3nn[nH]n3)c2)C=CN=CC1. The van der Waals surface area contributed by atoms with E-state index in [-0.39, 0.29) is 22.6 Å². The number of tetrazole rings is 1. The van der Waals surface area contributed by atoms with Crippen LogP contribution in [0.3, 0.4) is 0 Å². The van der Waals surface area contributed by atoms with Crippen molar-refractivity contribution in [3.8, 4) is 11.4 Å². The van der Waals surface area contributed by atoms with Gasteiger partial charge in [-0.1, -0.05) is 51.5 Å². The number of unbranched alkanes of at least 4 members (excludes halogenated alkanes) is 1. The number of H-pyrrole nitrogens is 1. The zero-order valence-corrected chi connectivity index (χ0v) is 19.5. The Hall–Kier alpha value is -3.29. The van der Waals surface area contributed by atoms with E-state index in [1.54, 1.807) is 0 Å². The Morgan fingerprint density at radius 2 is 2.12 bits per heavy atom. The predicted octanol–water partition coefficient (Wildman–Crippen LogP) is 4.07. The standard InChI is InChI=1S/C25H31N7O/c1-4-5-9-20-16-31(21-15-24(21,2)3)23(33)32(20)17-25(10-12-26-13-11-25)19-8-6-7-18(14-19)22-27-29-30-28-22/h6-8,10,12-14,16,21H,4-5,9,11,15,17H2,1-3H3,(H,27,28,29,30). The molecule has 2 atom stereocenters. The second kappa shape index (κ2) is 8.24. The number of nitrogens with one attached hydrogen (secondary N) is 1. The Morgan fingerprint density at radius 1 is 1.27 bits per heavy atom. The van der Waals surface area contributed by atoms with Gasteiger partial charge in [0.15, 0.2) is 0 Å². The van der Waals surface area contributed by atoms with Gasteiger partial charge in [0.2, 0.25) is 5.82 Å². The van der Waals surface area contributed by atoms with Crippen molar-refractivity contribution in [2.24, 2.45) is 10.4 Å². The second-order valence-corrected chi connectivity index (χ2v) is 10.0. The lowest BCUT2D eigenvalue weighted by Gasteiger charge is -2.32. The van der Waals surface area contributed by atoms with Crippen LogP contribution >= 0.6 is 0 Å². The quantitative estimate of drug-likeness (QED) is 0.566. The number of aromatic nitrogens is 6. The molecule has 1 saturated carbocycles. The van der Waals surface area contributed by atoms with Crippen molar-refractivity contribution in [3.63, 3.8) is 0 Å². The van der Waals surface area contributed by atoms with Crippen molar-refractivity contribution >= 4 is 6.21 Å². The molecule has 5 rings (SSSR count). The van der Waals surface area contributed by atoms with Crippen molar-refractivity contribution < 1.29 is 0 Å². The highest BCUT2D eigenvalue weighted by atomic mass is 16.1. The fourth-order valence-corrected chi connectivity index (χ4v) is 4.90. The van der Waals surface area contributed by atoms with Crippen molar-refractivity contribution in [1.82, 2.24) is 29.8 Å². The van der Waals surface area contributed by atoms with Crippen LogP contribution in [-0.4, -0.2) is 36.0 Å². The van der Waals surface area contributed by atoms with Crippen LogP contribution in [0.2, 0.25) is 0 Å². The third kappa shape index (κ3) is 3.98. The minimum absolute atomic E-state index is 0.0984. The van der Waals surface area contributed by atoms with Crippen LogP contribution in [0.4, 0.5) is 0 Å². The molecule has 2 aliphatic rings. The van der Waals surface area contributed by atoms with Gasteiger partial charge in [-0.15, -0.1) is 10.2 Å². The first-order chi connectivity index (χ1) is 15.9. The minimum atomic E-state index is -0.377. The van der Waals surface area contributed by atoms with Gasteiger partial charge in [0.05, 0.1) is 0 Å². The smallest absolute Gasteiger partial charge is 0.295 e. The van der Waals surface area contributed by atoms with Gasteiger partial charge in [-0.2, -0.15) is 5.21 Å². The van der Waals surface area contributed by atoms with Gasteiger partial charge >= 0.3 is 5.69 Å². The fraction of sp³-hybridized carbons (Fsp3) is 0.480. The van der Waals surface area contributed by atoms with Gasteiger partial charge in [0.1, 0.15) is 0 Å². The Labute approximate surface area is 193 Å². The molecule has 1 N–H and O–H groups in total. The Balaban J connectivity index is 1.57. The van der Waals surface area contributed by atoms with Gasteiger partial charge in [-0.3, -0.25) is 14.1 Å². The van der Waals surface area contributed by atoms with E-state index in [0.29, 0.717) is 12.4 Å². The maximum Gasteiger partial charge on any atom is 0.328 e. The molecule has 3 heterocycles. The van der Waals surface area contributed by atoms with Gasteiger partial charge in [-0.05, 0) is 47.9 Å². The van der Waals surface area contributed by atoms with Gasteiger partial charge in [-0.25, -0.2) is 4.79 Å². The number of aromatic amines is 1. The highest BCUT2D eigenvalue weighted by Gasteiger charge is 2.48. The summed E-state index contributed by atoms with van der Waals surface area (Å²) in [5.41, 5.74) is 3.03. The molecular weight excluding hydrogens is 414 g/mol. The first-order valence-electron chi connectivity index (χ1n) is 11.8. The normalized spacial score (nSPS) is 23.2. The number of benzene rings is 1. The lowest BCUT2D eigenvalue weighted by atomic mass is 9.76. The Kier molecular flexibility index (Phi) is 5.38. The lowest BCUT2D eigenvalue weighted by Crippen LogP contribution is -2.37. The monoisotopic (exact) mass is 445 g/mol. The van der Waals surface area contributed by atoms with Crippen LogP contribution in [0.1, 0.15) is 63.8 Å². The van der Waals surface area contributed by atoms with Gasteiger partial charge in [0, 0.05) is 47.9 Å². The number of hydrogen-bond donors (Lipinski definition) is 1. The highest BCUT2D eigenvalue weighted by molar-refractivity contribution is 5.65. The Morgan fingerprint density at radius 3 is 2.79 bits per heavy atom. The summed E-state index contributed by atoms with van der Waals surface area (Å²) < 4.78 is 3.99. The molecule has 2 unspecified atom stereocenters. The van der Waals surface area contributed by atoms with E-state index in [4.69, 9.17) is 0 Å². The summed E-state index contributed by atoms with van der Waals surface area (Å²) in [6.45, 7) is 7.23. The van der Waals surface area contributed by atoms with Crippen LogP contribution in [0.5, 0.6) is 0 Å². The number of nitrogens with zero attached hydrogens (tertiary/aromatic N) is 6. The van der Waals surface area contributed by atoms with E-state index in [1.807, 2.05) is 33.7 Å². The average Bonchev–Trinajstić information content (AvgIpc) is 3.16. The summed E-state index contributed by atoms with van der Waals surface area (Å²) in [7, 11) is 0. The van der Waals surface area contributed by atoms with Crippen molar-refractivity contribution in [2.75, 3.05) is 0 Å². The number of allylic oxidation sites excluding steroid dienone is 1. The van der Waals surface area contributed by atoms with Crippen LogP contribution < -0.4 is 5.69 Å². The van der Waals surface area contributed by atoms with Crippen LogP contribution in [0.25, 0.3) is 11.4 Å². The molecule has 0 amide bonds. The number of aryl methyl sites for hydroxylation is 1. The van der Waals surface area contributed by atoms with E-state index in [1.165, 1.54) is 0 Å². The zero-order chi connectivity index (χ0) is 23.1. The van der Waals surface area contributed by atoms with Gasteiger partial charge in [0.25, 0.3) is 0 Å². The summed E-state index contributed by atoms with van der Waals surface area (Å²) in [6.07, 6.45) is 12.9. The summed E-state index contributed by atoms with van der Waals surface area (Å²) in [5, 5.41) is 14.5. The second-order valence-electron chi connectivity index (χ2n) is 10.0. The van der Waals surface area contributed by atoms with Crippen LogP contribution in [0, 0.1) is 5.41 Å². The number of aliphatic imine (C=N–C) groups is 1. The Bertz CT molecular complexity index is 1250. The largest absolute Gasteiger partial charge is 0.328 e. The van der Waals surface area contributed by atoms with Crippen molar-refractivity contribution in [3.05, 3.63) is 64.5 Å². The van der Waals surface area contributed by atoms with Crippen molar-refractivity contribution in [1.29, 1.82) is 0 Å². The third-order valence-electron chi connectivity index (χ3n) is 7.19. The molecule has 8 nitrogen and oxygen atoms in total. The summed E-state index contributed by atoms with van der Waals surface area (Å²) in [5.74, 6) is 0.559. The predicted molar refractivity (Wildman–Crippen MR) is 128 cm³/mol. The molecule has 1 aromatic carbocycles. The first kappa shape index (κ1) is 21.6. The van der Waals surface area contributed by atoms with E-state index < -0.39 is 0 Å². The third-order valence-corrected chi connectivity index (χ3v) is 7.19. The molecule has 3 aromatic rings. The minimum Gasteiger partial charge on any atom is -0.295 e. The molecule has 8 heteroatoms. The number of imidazole rings is 1. The summed E-state index contributed by atoms with van der Waals surface area (Å²) in [6, 6.07) is 8.50. The van der Waals surface area contributed by atoms with E-state index >= 15 is 0 Å². The molecular formula is C25H31N7O. The maximum atomic E-state index is 13.7. The number of rotatable bonds is 8. The van der Waals surface area contributed by atoms with E-state index in [9.17, 15) is 4.79 Å². The molecule has 1 aliphatic heterocycles. The van der Waals surface area contributed by atoms with E-state index in [2.05, 4.69) is 70.8 Å². The first-order valence-corrected chi connectivity index (χ1v) is 11.8. The van der Waals surface area contributed by atoms with Gasteiger partial charge < -0.3 is 0 Å². The van der Waals surface area contributed by atoms with Crippen LogP contribution in [0.15, 0.2) is 52.5 Å². The fourth-order valence-electron chi connectivity index (χ4n) is 4.90. The molecule has 33 heavy (non-hydrogen) atoms. The molecule has 2 aromatic heterocycles. The molecule has 0 radical (unpaired) electrons.